The van der Waals surface area contributed by atoms with Crippen LogP contribution in [0.5, 0.6) is 0 Å². The van der Waals surface area contributed by atoms with Gasteiger partial charge in [-0.05, 0) is 31.6 Å². The van der Waals surface area contributed by atoms with Crippen LogP contribution < -0.4 is 0 Å². The molecule has 0 aromatic heterocycles. The highest BCUT2D eigenvalue weighted by Gasteiger charge is 2.11. The number of carbonyl (C=O) groups is 2. The quantitative estimate of drug-likeness (QED) is 0.343. The van der Waals surface area contributed by atoms with Crippen molar-refractivity contribution in [2.75, 3.05) is 6.61 Å². The minimum absolute atomic E-state index is 0.0754. The van der Waals surface area contributed by atoms with Crippen LogP contribution >= 0.6 is 0 Å². The van der Waals surface area contributed by atoms with Crippen LogP contribution in [-0.4, -0.2) is 23.7 Å². The zero-order valence-corrected chi connectivity index (χ0v) is 14.4. The van der Waals surface area contributed by atoms with Crippen LogP contribution in [0.1, 0.15) is 90.9 Å². The van der Waals surface area contributed by atoms with E-state index in [1.807, 2.05) is 0 Å². The Kier molecular flexibility index (Phi) is 14.1. The number of hydrogen-bond donors (Lipinski definition) is 1. The van der Waals surface area contributed by atoms with Crippen LogP contribution in [0.3, 0.4) is 0 Å². The average Bonchev–Trinajstić information content (AvgIpc) is 2.48. The van der Waals surface area contributed by atoms with Gasteiger partial charge in [0.05, 0.1) is 6.61 Å². The summed E-state index contributed by atoms with van der Waals surface area (Å²) in [5.41, 5.74) is 0. The Morgan fingerprint density at radius 2 is 1.50 bits per heavy atom. The summed E-state index contributed by atoms with van der Waals surface area (Å²) in [6.45, 7) is 4.81. The van der Waals surface area contributed by atoms with E-state index in [4.69, 9.17) is 9.84 Å². The van der Waals surface area contributed by atoms with Gasteiger partial charge in [0.1, 0.15) is 0 Å². The van der Waals surface area contributed by atoms with Crippen molar-refractivity contribution in [1.82, 2.24) is 0 Å². The largest absolute Gasteiger partial charge is 0.481 e. The summed E-state index contributed by atoms with van der Waals surface area (Å²) in [6, 6.07) is 0. The Labute approximate surface area is 135 Å². The summed E-state index contributed by atoms with van der Waals surface area (Å²) in [5.74, 6) is -0.161. The third-order valence-electron chi connectivity index (χ3n) is 3.97. The number of carboxylic acid groups (broad SMARTS) is 1. The van der Waals surface area contributed by atoms with Gasteiger partial charge in [0, 0.05) is 12.8 Å². The normalized spacial score (nSPS) is 12.1. The monoisotopic (exact) mass is 314 g/mol. The van der Waals surface area contributed by atoms with Gasteiger partial charge < -0.3 is 9.84 Å². The number of hydrogen-bond acceptors (Lipinski definition) is 3. The van der Waals surface area contributed by atoms with Crippen molar-refractivity contribution in [2.45, 2.75) is 90.9 Å². The number of esters is 1. The summed E-state index contributed by atoms with van der Waals surface area (Å²) in [6.07, 6.45) is 11.1. The molecule has 0 aliphatic heterocycles. The molecule has 0 aliphatic carbocycles. The van der Waals surface area contributed by atoms with Gasteiger partial charge in [0.15, 0.2) is 0 Å². The minimum Gasteiger partial charge on any atom is -0.481 e. The van der Waals surface area contributed by atoms with Gasteiger partial charge >= 0.3 is 11.9 Å². The van der Waals surface area contributed by atoms with Crippen LogP contribution in [0, 0.1) is 5.92 Å². The van der Waals surface area contributed by atoms with Gasteiger partial charge in [-0.25, -0.2) is 0 Å². The molecule has 0 fully saturated rings. The van der Waals surface area contributed by atoms with E-state index in [0.717, 1.165) is 44.9 Å². The van der Waals surface area contributed by atoms with Crippen molar-refractivity contribution in [3.63, 3.8) is 0 Å². The lowest BCUT2D eigenvalue weighted by molar-refractivity contribution is -0.144. The maximum absolute atomic E-state index is 11.6. The van der Waals surface area contributed by atoms with E-state index in [-0.39, 0.29) is 12.4 Å². The summed E-state index contributed by atoms with van der Waals surface area (Å²) < 4.78 is 5.17. The number of ether oxygens (including phenoxy) is 1. The van der Waals surface area contributed by atoms with Crippen molar-refractivity contribution in [3.05, 3.63) is 0 Å². The summed E-state index contributed by atoms with van der Waals surface area (Å²) in [5, 5.41) is 8.66. The highest BCUT2D eigenvalue weighted by molar-refractivity contribution is 5.69. The summed E-state index contributed by atoms with van der Waals surface area (Å²) in [7, 11) is 0. The molecule has 22 heavy (non-hydrogen) atoms. The lowest BCUT2D eigenvalue weighted by Gasteiger charge is -2.16. The van der Waals surface area contributed by atoms with Crippen LogP contribution in [-0.2, 0) is 14.3 Å². The predicted octanol–water partition coefficient (Wildman–Crippen LogP) is 4.95. The molecule has 0 aromatic carbocycles. The highest BCUT2D eigenvalue weighted by atomic mass is 16.5. The minimum atomic E-state index is -0.708. The molecule has 1 unspecified atom stereocenters. The first-order valence-electron chi connectivity index (χ1n) is 8.97. The Balaban J connectivity index is 3.82. The molecule has 0 saturated carbocycles. The second kappa shape index (κ2) is 14.9. The Morgan fingerprint density at radius 1 is 0.864 bits per heavy atom. The van der Waals surface area contributed by atoms with Crippen molar-refractivity contribution < 1.29 is 19.4 Å². The van der Waals surface area contributed by atoms with Crippen molar-refractivity contribution >= 4 is 11.9 Å². The van der Waals surface area contributed by atoms with E-state index in [1.54, 1.807) is 0 Å². The third-order valence-corrected chi connectivity index (χ3v) is 3.97. The second-order valence-corrected chi connectivity index (χ2v) is 6.11. The predicted molar refractivity (Wildman–Crippen MR) is 88.8 cm³/mol. The van der Waals surface area contributed by atoms with Crippen molar-refractivity contribution in [2.24, 2.45) is 5.92 Å². The van der Waals surface area contributed by atoms with Gasteiger partial charge in [-0.1, -0.05) is 52.4 Å². The van der Waals surface area contributed by atoms with E-state index >= 15 is 0 Å². The molecule has 0 rings (SSSR count). The number of aliphatic carboxylic acids is 1. The number of rotatable bonds is 15. The number of carbonyl (C=O) groups excluding carboxylic acids is 1. The zero-order valence-electron chi connectivity index (χ0n) is 14.4. The Bertz CT molecular complexity index is 289. The molecular formula is C18H34O4. The maximum atomic E-state index is 11.6. The number of carboxylic acids is 1. The van der Waals surface area contributed by atoms with Crippen LogP contribution in [0.4, 0.5) is 0 Å². The Hall–Kier alpha value is -1.06. The topological polar surface area (TPSA) is 63.6 Å². The fourth-order valence-electron chi connectivity index (χ4n) is 2.57. The summed E-state index contributed by atoms with van der Waals surface area (Å²) in [4.78, 5) is 22.1. The molecule has 0 heterocycles. The third kappa shape index (κ3) is 13.9. The molecule has 1 N–H and O–H groups in total. The van der Waals surface area contributed by atoms with Crippen molar-refractivity contribution in [1.29, 1.82) is 0 Å². The molecule has 0 saturated heterocycles. The molecule has 130 valence electrons. The smallest absolute Gasteiger partial charge is 0.305 e. The van der Waals surface area contributed by atoms with E-state index in [0.29, 0.717) is 18.9 Å². The molecule has 1 atom stereocenters. The lowest BCUT2D eigenvalue weighted by Crippen LogP contribution is -2.07. The van der Waals surface area contributed by atoms with Crippen molar-refractivity contribution in [3.8, 4) is 0 Å². The van der Waals surface area contributed by atoms with E-state index in [1.165, 1.54) is 19.3 Å². The van der Waals surface area contributed by atoms with Gasteiger partial charge in [0.2, 0.25) is 0 Å². The van der Waals surface area contributed by atoms with Gasteiger partial charge in [0.25, 0.3) is 0 Å². The van der Waals surface area contributed by atoms with Gasteiger partial charge in [-0.15, -0.1) is 0 Å². The molecule has 4 heteroatoms. The van der Waals surface area contributed by atoms with E-state index in [2.05, 4.69) is 13.8 Å². The second-order valence-electron chi connectivity index (χ2n) is 6.11. The molecule has 0 aromatic rings. The molecule has 0 amide bonds. The van der Waals surface area contributed by atoms with Gasteiger partial charge in [-0.3, -0.25) is 9.59 Å². The van der Waals surface area contributed by atoms with E-state index < -0.39 is 5.97 Å². The van der Waals surface area contributed by atoms with Crippen LogP contribution in [0.15, 0.2) is 0 Å². The van der Waals surface area contributed by atoms with Crippen LogP contribution in [0.2, 0.25) is 0 Å². The average molecular weight is 314 g/mol. The van der Waals surface area contributed by atoms with Gasteiger partial charge in [-0.2, -0.15) is 0 Å². The lowest BCUT2D eigenvalue weighted by atomic mass is 9.90. The fraction of sp³-hybridized carbons (Fsp3) is 0.889. The molecule has 0 aliphatic rings. The zero-order chi connectivity index (χ0) is 16.6. The molecule has 0 radical (unpaired) electrons. The molecule has 0 bridgehead atoms. The van der Waals surface area contributed by atoms with E-state index in [9.17, 15) is 9.59 Å². The SMILES string of the molecule is CCCCOC(=O)CCCC(CCCC)CCCCC(=O)O. The molecule has 0 spiro atoms. The highest BCUT2D eigenvalue weighted by Crippen LogP contribution is 2.22. The standard InChI is InChI=1S/C18H34O4/c1-3-5-10-16(11-7-8-13-17(19)20)12-9-14-18(21)22-15-6-4-2/h16H,3-15H2,1-2H3,(H,19,20). The number of unbranched alkanes of at least 4 members (excludes halogenated alkanes) is 3. The maximum Gasteiger partial charge on any atom is 0.305 e. The summed E-state index contributed by atoms with van der Waals surface area (Å²) >= 11 is 0. The Morgan fingerprint density at radius 3 is 2.14 bits per heavy atom. The molecule has 4 nitrogen and oxygen atoms in total. The molecular weight excluding hydrogens is 280 g/mol. The first-order chi connectivity index (χ1) is 10.6. The fourth-order valence-corrected chi connectivity index (χ4v) is 2.57. The first-order valence-corrected chi connectivity index (χ1v) is 8.97. The first kappa shape index (κ1) is 20.9. The van der Waals surface area contributed by atoms with Crippen LogP contribution in [0.25, 0.3) is 0 Å².